The number of fused-ring (bicyclic) bond motifs is 1. The fourth-order valence-electron chi connectivity index (χ4n) is 2.22. The van der Waals surface area contributed by atoms with Crippen LogP contribution in [0, 0.1) is 6.92 Å². The number of aromatic nitrogens is 2. The normalized spacial score (nSPS) is 12.1. The van der Waals surface area contributed by atoms with Gasteiger partial charge < -0.3 is 15.2 Å². The first-order chi connectivity index (χ1) is 11.0. The number of hydrogen-bond donors (Lipinski definition) is 2. The molecule has 0 spiro atoms. The molecule has 8 heteroatoms. The molecule has 2 rings (SSSR count). The Labute approximate surface area is 137 Å². The highest BCUT2D eigenvalue weighted by molar-refractivity contribution is 7.17. The predicted molar refractivity (Wildman–Crippen MR) is 88.1 cm³/mol. The number of anilines is 1. The molecule has 0 bridgehead atoms. The number of nitrogens with zero attached hydrogens (tertiary/aromatic N) is 2. The zero-order valence-electron chi connectivity index (χ0n) is 13.3. The molecule has 0 aromatic carbocycles. The number of aliphatic carboxylic acids is 1. The summed E-state index contributed by atoms with van der Waals surface area (Å²) in [4.78, 5) is 32.7. The molecule has 124 valence electrons. The lowest BCUT2D eigenvalue weighted by atomic mass is 10.1. The van der Waals surface area contributed by atoms with Crippen LogP contribution in [0.3, 0.4) is 0 Å². The molecule has 1 atom stereocenters. The highest BCUT2D eigenvalue weighted by atomic mass is 32.1. The van der Waals surface area contributed by atoms with Crippen LogP contribution in [0.25, 0.3) is 10.2 Å². The molecule has 2 N–H and O–H groups in total. The van der Waals surface area contributed by atoms with E-state index in [1.807, 2.05) is 6.92 Å². The first-order valence-corrected chi connectivity index (χ1v) is 8.28. The summed E-state index contributed by atoms with van der Waals surface area (Å²) < 4.78 is 5.05. The monoisotopic (exact) mass is 337 g/mol. The SMILES string of the molecule is CCCC(Nc1nc(C)nc2scc(C(=O)OCC)c12)C(=O)O. The fourth-order valence-corrected chi connectivity index (χ4v) is 3.18. The van der Waals surface area contributed by atoms with Gasteiger partial charge in [0.2, 0.25) is 0 Å². The van der Waals surface area contributed by atoms with E-state index in [4.69, 9.17) is 4.74 Å². The molecular weight excluding hydrogens is 318 g/mol. The summed E-state index contributed by atoms with van der Waals surface area (Å²) in [5.74, 6) is -0.545. The summed E-state index contributed by atoms with van der Waals surface area (Å²) in [6, 6.07) is -0.771. The van der Waals surface area contributed by atoms with Crippen molar-refractivity contribution in [2.75, 3.05) is 11.9 Å². The maximum atomic E-state index is 12.1. The molecule has 0 aliphatic rings. The number of aryl methyl sites for hydroxylation is 1. The summed E-state index contributed by atoms with van der Waals surface area (Å²) in [6.45, 7) is 5.63. The minimum Gasteiger partial charge on any atom is -0.480 e. The van der Waals surface area contributed by atoms with E-state index in [0.29, 0.717) is 40.3 Å². The van der Waals surface area contributed by atoms with Gasteiger partial charge in [-0.25, -0.2) is 19.6 Å². The third-order valence-electron chi connectivity index (χ3n) is 3.23. The van der Waals surface area contributed by atoms with Crippen molar-refractivity contribution in [2.45, 2.75) is 39.7 Å². The summed E-state index contributed by atoms with van der Waals surface area (Å²) in [6.07, 6.45) is 1.17. The second-order valence-corrected chi connectivity index (χ2v) is 5.85. The average Bonchev–Trinajstić information content (AvgIpc) is 2.90. The van der Waals surface area contributed by atoms with E-state index in [0.717, 1.165) is 0 Å². The third-order valence-corrected chi connectivity index (χ3v) is 4.10. The van der Waals surface area contributed by atoms with E-state index in [-0.39, 0.29) is 6.61 Å². The van der Waals surface area contributed by atoms with Crippen molar-refractivity contribution in [2.24, 2.45) is 0 Å². The standard InChI is InChI=1S/C15H19N3O4S/c1-4-6-10(14(19)20)18-12-11-9(15(21)22-5-2)7-23-13(11)17-8(3)16-12/h7,10H,4-6H2,1-3H3,(H,19,20)(H,16,17,18). The Kier molecular flexibility index (Phi) is 5.49. The molecule has 0 aliphatic carbocycles. The lowest BCUT2D eigenvalue weighted by Gasteiger charge is -2.15. The molecule has 2 heterocycles. The third kappa shape index (κ3) is 3.76. The highest BCUT2D eigenvalue weighted by Crippen LogP contribution is 2.31. The van der Waals surface area contributed by atoms with Crippen molar-refractivity contribution in [1.82, 2.24) is 9.97 Å². The lowest BCUT2D eigenvalue weighted by molar-refractivity contribution is -0.138. The van der Waals surface area contributed by atoms with Gasteiger partial charge in [-0.15, -0.1) is 11.3 Å². The van der Waals surface area contributed by atoms with Crippen LogP contribution in [0.5, 0.6) is 0 Å². The summed E-state index contributed by atoms with van der Waals surface area (Å²) in [5, 5.41) is 14.4. The van der Waals surface area contributed by atoms with Gasteiger partial charge in [0.05, 0.1) is 17.6 Å². The number of thiophene rings is 1. The van der Waals surface area contributed by atoms with Crippen molar-refractivity contribution in [3.8, 4) is 0 Å². The Morgan fingerprint density at radius 3 is 2.74 bits per heavy atom. The Morgan fingerprint density at radius 1 is 1.39 bits per heavy atom. The zero-order chi connectivity index (χ0) is 17.0. The smallest absolute Gasteiger partial charge is 0.339 e. The molecule has 2 aromatic heterocycles. The van der Waals surface area contributed by atoms with Crippen molar-refractivity contribution in [3.63, 3.8) is 0 Å². The van der Waals surface area contributed by atoms with Crippen molar-refractivity contribution in [1.29, 1.82) is 0 Å². The first kappa shape index (κ1) is 17.1. The van der Waals surface area contributed by atoms with Crippen LogP contribution in [0.2, 0.25) is 0 Å². The maximum Gasteiger partial charge on any atom is 0.339 e. The molecule has 0 radical (unpaired) electrons. The van der Waals surface area contributed by atoms with E-state index >= 15 is 0 Å². The van der Waals surface area contributed by atoms with Gasteiger partial charge in [-0.05, 0) is 20.3 Å². The number of carboxylic acid groups (broad SMARTS) is 1. The fraction of sp³-hybridized carbons (Fsp3) is 0.467. The van der Waals surface area contributed by atoms with Crippen molar-refractivity contribution in [3.05, 3.63) is 16.8 Å². The van der Waals surface area contributed by atoms with Crippen molar-refractivity contribution < 1.29 is 19.4 Å². The number of rotatable bonds is 7. The number of esters is 1. The van der Waals surface area contributed by atoms with Crippen LogP contribution in [-0.4, -0.2) is 39.7 Å². The van der Waals surface area contributed by atoms with Crippen LogP contribution < -0.4 is 5.32 Å². The molecule has 0 fully saturated rings. The Balaban J connectivity index is 2.50. The number of hydrogen-bond acceptors (Lipinski definition) is 7. The van der Waals surface area contributed by atoms with E-state index in [1.54, 1.807) is 19.2 Å². The minimum atomic E-state index is -0.954. The van der Waals surface area contributed by atoms with E-state index in [2.05, 4.69) is 15.3 Å². The first-order valence-electron chi connectivity index (χ1n) is 7.40. The van der Waals surface area contributed by atoms with Gasteiger partial charge in [-0.3, -0.25) is 0 Å². The van der Waals surface area contributed by atoms with Gasteiger partial charge in [0.15, 0.2) is 0 Å². The van der Waals surface area contributed by atoms with Crippen LogP contribution >= 0.6 is 11.3 Å². The maximum absolute atomic E-state index is 12.1. The van der Waals surface area contributed by atoms with Gasteiger partial charge in [0.25, 0.3) is 0 Å². The summed E-state index contributed by atoms with van der Waals surface area (Å²) in [5.41, 5.74) is 0.356. The topological polar surface area (TPSA) is 101 Å². The number of carbonyl (C=O) groups is 2. The Hall–Kier alpha value is -2.22. The molecule has 0 saturated heterocycles. The molecule has 0 amide bonds. The van der Waals surface area contributed by atoms with E-state index in [9.17, 15) is 14.7 Å². The Bertz CT molecular complexity index is 729. The predicted octanol–water partition coefficient (Wildman–Crippen LogP) is 2.84. The summed E-state index contributed by atoms with van der Waals surface area (Å²) in [7, 11) is 0. The molecule has 0 aliphatic heterocycles. The number of carboxylic acids is 1. The summed E-state index contributed by atoms with van der Waals surface area (Å²) >= 11 is 1.31. The average molecular weight is 337 g/mol. The van der Waals surface area contributed by atoms with Crippen LogP contribution in [0.1, 0.15) is 42.9 Å². The van der Waals surface area contributed by atoms with Crippen molar-refractivity contribution >= 4 is 39.3 Å². The largest absolute Gasteiger partial charge is 0.480 e. The molecule has 0 saturated carbocycles. The van der Waals surface area contributed by atoms with Gasteiger partial charge in [0.1, 0.15) is 22.5 Å². The number of carbonyl (C=O) groups excluding carboxylic acids is 1. The van der Waals surface area contributed by atoms with E-state index in [1.165, 1.54) is 11.3 Å². The lowest BCUT2D eigenvalue weighted by Crippen LogP contribution is -2.29. The highest BCUT2D eigenvalue weighted by Gasteiger charge is 2.23. The van der Waals surface area contributed by atoms with Gasteiger partial charge in [-0.2, -0.15) is 0 Å². The van der Waals surface area contributed by atoms with Crippen LogP contribution in [0.4, 0.5) is 5.82 Å². The second-order valence-electron chi connectivity index (χ2n) is 4.99. The second kappa shape index (κ2) is 7.36. The Morgan fingerprint density at radius 2 is 2.13 bits per heavy atom. The van der Waals surface area contributed by atoms with E-state index < -0.39 is 18.0 Å². The number of ether oxygens (including phenoxy) is 1. The zero-order valence-corrected chi connectivity index (χ0v) is 14.1. The van der Waals surface area contributed by atoms with Crippen LogP contribution in [0.15, 0.2) is 5.38 Å². The molecule has 7 nitrogen and oxygen atoms in total. The minimum absolute atomic E-state index is 0.263. The van der Waals surface area contributed by atoms with Gasteiger partial charge in [-0.1, -0.05) is 13.3 Å². The van der Waals surface area contributed by atoms with Gasteiger partial charge in [0, 0.05) is 5.38 Å². The quantitative estimate of drug-likeness (QED) is 0.749. The molecule has 1 unspecified atom stereocenters. The molecular formula is C15H19N3O4S. The van der Waals surface area contributed by atoms with Gasteiger partial charge >= 0.3 is 11.9 Å². The van der Waals surface area contributed by atoms with Crippen LogP contribution in [-0.2, 0) is 9.53 Å². The molecule has 23 heavy (non-hydrogen) atoms. The number of nitrogens with one attached hydrogen (secondary N) is 1. The molecule has 2 aromatic rings.